The van der Waals surface area contributed by atoms with Crippen LogP contribution in [0.1, 0.15) is 62.5 Å². The Balaban J connectivity index is 3.12. The van der Waals surface area contributed by atoms with Crippen molar-refractivity contribution in [2.24, 2.45) is 5.92 Å². The Hall–Kier alpha value is -1.71. The minimum absolute atomic E-state index is 0.110. The normalized spacial score (nSPS) is 13.3. The first-order valence-corrected chi connectivity index (χ1v) is 11.0. The van der Waals surface area contributed by atoms with Crippen LogP contribution in [0.15, 0.2) is 45.6 Å². The van der Waals surface area contributed by atoms with E-state index in [2.05, 4.69) is 55.7 Å². The summed E-state index contributed by atoms with van der Waals surface area (Å²) < 4.78 is 0.882. The van der Waals surface area contributed by atoms with E-state index in [0.29, 0.717) is 24.4 Å². The Morgan fingerprint density at radius 3 is 2.48 bits per heavy atom. The van der Waals surface area contributed by atoms with Crippen LogP contribution < -0.4 is 10.6 Å². The molecule has 0 aliphatic rings. The van der Waals surface area contributed by atoms with Gasteiger partial charge < -0.3 is 10.6 Å². The lowest BCUT2D eigenvalue weighted by Gasteiger charge is -2.15. The minimum atomic E-state index is -0.110. The van der Waals surface area contributed by atoms with E-state index in [4.69, 9.17) is 0 Å². The van der Waals surface area contributed by atoms with Crippen molar-refractivity contribution >= 4 is 42.8 Å². The Morgan fingerprint density at radius 1 is 1.24 bits per heavy atom. The van der Waals surface area contributed by atoms with Gasteiger partial charge in [0.1, 0.15) is 0 Å². The van der Waals surface area contributed by atoms with Crippen LogP contribution in [0.4, 0.5) is 0 Å². The summed E-state index contributed by atoms with van der Waals surface area (Å²) >= 11 is 3.51. The SMILES string of the molecule is C/C(=C/C(C)=C(\C)CNC(=O)c1cc(Br)cc(C)c1/C(P)=C\CC(C)C)NC=O. The molecule has 0 radical (unpaired) electrons. The van der Waals surface area contributed by atoms with E-state index in [1.165, 1.54) is 0 Å². The quantitative estimate of drug-likeness (QED) is 0.270. The van der Waals surface area contributed by atoms with E-state index in [1.807, 2.05) is 45.9 Å². The van der Waals surface area contributed by atoms with Crippen molar-refractivity contribution in [3.05, 3.63) is 62.3 Å². The van der Waals surface area contributed by atoms with Crippen molar-refractivity contribution in [3.63, 3.8) is 0 Å². The summed E-state index contributed by atoms with van der Waals surface area (Å²) in [6.07, 6.45) is 5.67. The second kappa shape index (κ2) is 12.1. The monoisotopic (exact) mass is 478 g/mol. The smallest absolute Gasteiger partial charge is 0.252 e. The highest BCUT2D eigenvalue weighted by Gasteiger charge is 2.16. The molecule has 0 aromatic heterocycles. The van der Waals surface area contributed by atoms with Crippen LogP contribution in [-0.2, 0) is 4.79 Å². The molecule has 1 rings (SSSR count). The molecule has 4 nitrogen and oxygen atoms in total. The van der Waals surface area contributed by atoms with E-state index in [1.54, 1.807) is 0 Å². The van der Waals surface area contributed by atoms with Gasteiger partial charge in [0.25, 0.3) is 5.91 Å². The number of carbonyl (C=O) groups excluding carboxylic acids is 2. The summed E-state index contributed by atoms with van der Waals surface area (Å²) in [7, 11) is 2.78. The summed E-state index contributed by atoms with van der Waals surface area (Å²) in [5, 5.41) is 6.68. The van der Waals surface area contributed by atoms with E-state index < -0.39 is 0 Å². The number of amides is 2. The number of aryl methyl sites for hydroxylation is 1. The van der Waals surface area contributed by atoms with Gasteiger partial charge in [0, 0.05) is 22.3 Å². The Bertz CT molecular complexity index is 855. The molecule has 0 saturated carbocycles. The lowest BCUT2D eigenvalue weighted by Crippen LogP contribution is -2.26. The van der Waals surface area contributed by atoms with E-state index >= 15 is 0 Å². The van der Waals surface area contributed by atoms with E-state index in [-0.39, 0.29) is 5.91 Å². The number of allylic oxidation sites excluding steroid dienone is 4. The summed E-state index contributed by atoms with van der Waals surface area (Å²) in [5.74, 6) is 0.445. The van der Waals surface area contributed by atoms with Gasteiger partial charge in [0.2, 0.25) is 6.41 Å². The fourth-order valence-electron chi connectivity index (χ4n) is 2.80. The number of hydrogen-bond acceptors (Lipinski definition) is 2. The van der Waals surface area contributed by atoms with Crippen LogP contribution in [0.25, 0.3) is 5.31 Å². The van der Waals surface area contributed by atoms with Crippen molar-refractivity contribution in [2.75, 3.05) is 6.54 Å². The Labute approximate surface area is 185 Å². The maximum absolute atomic E-state index is 13.0. The molecule has 2 amide bonds. The third-order valence-corrected chi connectivity index (χ3v) is 5.53. The van der Waals surface area contributed by atoms with Gasteiger partial charge in [-0.2, -0.15) is 0 Å². The van der Waals surface area contributed by atoms with Crippen LogP contribution in [0, 0.1) is 12.8 Å². The van der Waals surface area contributed by atoms with Gasteiger partial charge in [0.05, 0.1) is 0 Å². The third kappa shape index (κ3) is 8.28. The van der Waals surface area contributed by atoms with Gasteiger partial charge in [-0.1, -0.05) is 41.4 Å². The molecule has 0 fully saturated rings. The molecule has 1 aromatic carbocycles. The van der Waals surface area contributed by atoms with Crippen molar-refractivity contribution in [2.45, 2.75) is 48.0 Å². The van der Waals surface area contributed by atoms with E-state index in [0.717, 1.165) is 44.2 Å². The molecule has 29 heavy (non-hydrogen) atoms. The van der Waals surface area contributed by atoms with Gasteiger partial charge in [0.15, 0.2) is 0 Å². The number of rotatable bonds is 9. The number of hydrogen-bond donors (Lipinski definition) is 2. The first-order chi connectivity index (χ1) is 13.6. The minimum Gasteiger partial charge on any atom is -0.348 e. The van der Waals surface area contributed by atoms with Crippen molar-refractivity contribution in [1.29, 1.82) is 0 Å². The number of benzene rings is 1. The molecule has 6 heteroatoms. The zero-order chi connectivity index (χ0) is 22.1. The molecule has 1 aromatic rings. The molecule has 0 aliphatic carbocycles. The zero-order valence-electron chi connectivity index (χ0n) is 18.2. The number of nitrogens with one attached hydrogen (secondary N) is 2. The molecular weight excluding hydrogens is 447 g/mol. The van der Waals surface area contributed by atoms with Gasteiger partial charge in [-0.15, -0.1) is 9.24 Å². The average Bonchev–Trinajstić information content (AvgIpc) is 2.63. The van der Waals surface area contributed by atoms with Gasteiger partial charge in [-0.25, -0.2) is 0 Å². The zero-order valence-corrected chi connectivity index (χ0v) is 20.9. The van der Waals surface area contributed by atoms with Crippen LogP contribution in [0.2, 0.25) is 0 Å². The molecular formula is C23H32BrN2O2P. The molecule has 2 N–H and O–H groups in total. The predicted molar refractivity (Wildman–Crippen MR) is 130 cm³/mol. The lowest BCUT2D eigenvalue weighted by molar-refractivity contribution is -0.108. The summed E-state index contributed by atoms with van der Waals surface area (Å²) in [4.78, 5) is 23.5. The van der Waals surface area contributed by atoms with Crippen LogP contribution in [-0.4, -0.2) is 18.9 Å². The van der Waals surface area contributed by atoms with Crippen LogP contribution in [0.3, 0.4) is 0 Å². The third-order valence-electron chi connectivity index (χ3n) is 4.55. The first-order valence-electron chi connectivity index (χ1n) is 9.66. The van der Waals surface area contributed by atoms with Crippen LogP contribution in [0.5, 0.6) is 0 Å². The molecule has 1 unspecified atom stereocenters. The summed E-state index contributed by atoms with van der Waals surface area (Å²) in [5.41, 5.74) is 5.46. The fraction of sp³-hybridized carbons (Fsp3) is 0.391. The number of carbonyl (C=O) groups is 2. The largest absolute Gasteiger partial charge is 0.348 e. The standard InChI is InChI=1S/C23H32BrN2O2P/c1-14(2)7-8-21(29)22-16(4)10-19(24)11-20(22)23(28)25-12-17(5)15(3)9-18(6)26-13-27/h8-11,13-14H,7,12,29H2,1-6H3,(H,25,28)(H,26,27)/b17-15+,18-9-,21-8+. The fourth-order valence-corrected chi connectivity index (χ4v) is 3.89. The van der Waals surface area contributed by atoms with Crippen molar-refractivity contribution < 1.29 is 9.59 Å². The molecule has 1 atom stereocenters. The highest BCUT2D eigenvalue weighted by atomic mass is 79.9. The molecule has 0 saturated heterocycles. The van der Waals surface area contributed by atoms with Crippen molar-refractivity contribution in [1.82, 2.24) is 10.6 Å². The average molecular weight is 479 g/mol. The molecule has 0 aliphatic heterocycles. The highest BCUT2D eigenvalue weighted by Crippen LogP contribution is 2.32. The Kier molecular flexibility index (Phi) is 10.6. The maximum atomic E-state index is 13.0. The molecule has 0 bridgehead atoms. The highest BCUT2D eigenvalue weighted by molar-refractivity contribution is 9.10. The summed E-state index contributed by atoms with van der Waals surface area (Å²) in [6, 6.07) is 3.90. The second-order valence-electron chi connectivity index (χ2n) is 7.67. The molecule has 158 valence electrons. The van der Waals surface area contributed by atoms with E-state index in [9.17, 15) is 9.59 Å². The molecule has 0 heterocycles. The van der Waals surface area contributed by atoms with Crippen molar-refractivity contribution in [3.8, 4) is 0 Å². The van der Waals surface area contributed by atoms with Gasteiger partial charge >= 0.3 is 0 Å². The lowest BCUT2D eigenvalue weighted by atomic mass is 9.99. The topological polar surface area (TPSA) is 58.2 Å². The maximum Gasteiger partial charge on any atom is 0.252 e. The summed E-state index contributed by atoms with van der Waals surface area (Å²) in [6.45, 7) is 12.6. The molecule has 0 spiro atoms. The second-order valence-corrected chi connectivity index (χ2v) is 9.21. The first kappa shape index (κ1) is 25.3. The predicted octanol–water partition coefficient (Wildman–Crippen LogP) is 5.74. The van der Waals surface area contributed by atoms with Gasteiger partial charge in [-0.05, 0) is 80.3 Å². The van der Waals surface area contributed by atoms with Gasteiger partial charge in [-0.3, -0.25) is 9.59 Å². The van der Waals surface area contributed by atoms with Crippen LogP contribution >= 0.6 is 25.2 Å². The number of halogens is 1. The Morgan fingerprint density at radius 2 is 1.90 bits per heavy atom.